The molecule has 1 aliphatic carbocycles. The number of carbonyl (C=O) groups is 1. The lowest BCUT2D eigenvalue weighted by molar-refractivity contribution is 0.102. The van der Waals surface area contributed by atoms with Gasteiger partial charge in [0.15, 0.2) is 5.65 Å². The summed E-state index contributed by atoms with van der Waals surface area (Å²) in [7, 11) is -2.16. The van der Waals surface area contributed by atoms with E-state index in [9.17, 15) is 13.2 Å². The van der Waals surface area contributed by atoms with E-state index in [2.05, 4.69) is 15.1 Å². The molecule has 0 unspecified atom stereocenters. The molecule has 29 heavy (non-hydrogen) atoms. The minimum Gasteiger partial charge on any atom is -0.322 e. The van der Waals surface area contributed by atoms with E-state index < -0.39 is 10.0 Å². The number of aromatic nitrogens is 3. The zero-order valence-corrected chi connectivity index (χ0v) is 17.3. The first-order valence-electron chi connectivity index (χ1n) is 9.53. The molecule has 0 aliphatic heterocycles. The molecule has 4 rings (SSSR count). The average molecular weight is 414 g/mol. The fourth-order valence-corrected chi connectivity index (χ4v) is 3.96. The Kier molecular flexibility index (Phi) is 4.87. The molecule has 2 aromatic heterocycles. The highest BCUT2D eigenvalue weighted by molar-refractivity contribution is 7.89. The first-order valence-corrected chi connectivity index (χ1v) is 11.0. The highest BCUT2D eigenvalue weighted by Gasteiger charge is 2.28. The lowest BCUT2D eigenvalue weighted by Gasteiger charge is -2.11. The lowest BCUT2D eigenvalue weighted by Crippen LogP contribution is -2.18. The van der Waals surface area contributed by atoms with Crippen LogP contribution < -0.4 is 10.0 Å². The van der Waals surface area contributed by atoms with E-state index in [4.69, 9.17) is 4.98 Å². The predicted molar refractivity (Wildman–Crippen MR) is 111 cm³/mol. The Balaban J connectivity index is 1.68. The molecular formula is C20H23N5O3S. The molecule has 0 radical (unpaired) electrons. The van der Waals surface area contributed by atoms with Gasteiger partial charge in [-0.15, -0.1) is 0 Å². The standard InChI is InChI=1S/C20H23N5O3S/c1-12(2)25-19-17(11-22-25)16(10-18(24-19)13-4-5-13)20(26)23-14-6-8-15(9-7-14)29(27,28)21-3/h6-13,21H,4-5H2,1-3H3,(H,23,26). The van der Waals surface area contributed by atoms with Gasteiger partial charge in [0.1, 0.15) is 0 Å². The summed E-state index contributed by atoms with van der Waals surface area (Å²) >= 11 is 0. The van der Waals surface area contributed by atoms with Crippen molar-refractivity contribution in [1.29, 1.82) is 0 Å². The van der Waals surface area contributed by atoms with Crippen LogP contribution in [0.25, 0.3) is 11.0 Å². The molecule has 0 atom stereocenters. The fourth-order valence-electron chi connectivity index (χ4n) is 3.23. The van der Waals surface area contributed by atoms with E-state index in [-0.39, 0.29) is 16.8 Å². The van der Waals surface area contributed by atoms with Crippen LogP contribution in [0.2, 0.25) is 0 Å². The number of carbonyl (C=O) groups excluding carboxylic acids is 1. The SMILES string of the molecule is CNS(=O)(=O)c1ccc(NC(=O)c2cc(C3CC3)nc3c2cnn3C(C)C)cc1. The van der Waals surface area contributed by atoms with Crippen LogP contribution in [0.4, 0.5) is 5.69 Å². The summed E-state index contributed by atoms with van der Waals surface area (Å²) in [6, 6.07) is 8.03. The van der Waals surface area contributed by atoms with E-state index in [0.717, 1.165) is 18.5 Å². The summed E-state index contributed by atoms with van der Waals surface area (Å²) in [5.74, 6) is 0.124. The molecule has 1 aromatic carbocycles. The van der Waals surface area contributed by atoms with E-state index in [1.165, 1.54) is 19.2 Å². The van der Waals surface area contributed by atoms with Gasteiger partial charge in [-0.05, 0) is 64.1 Å². The van der Waals surface area contributed by atoms with Gasteiger partial charge in [0.05, 0.1) is 22.0 Å². The Morgan fingerprint density at radius 1 is 1.21 bits per heavy atom. The third-order valence-corrected chi connectivity index (χ3v) is 6.44. The second kappa shape index (κ2) is 7.23. The van der Waals surface area contributed by atoms with Crippen LogP contribution in [0.5, 0.6) is 0 Å². The molecule has 1 fully saturated rings. The quantitative estimate of drug-likeness (QED) is 0.646. The second-order valence-corrected chi connectivity index (χ2v) is 9.36. The number of amides is 1. The van der Waals surface area contributed by atoms with Crippen molar-refractivity contribution in [2.75, 3.05) is 12.4 Å². The number of hydrogen-bond acceptors (Lipinski definition) is 5. The Morgan fingerprint density at radius 2 is 1.90 bits per heavy atom. The zero-order chi connectivity index (χ0) is 20.8. The van der Waals surface area contributed by atoms with Crippen LogP contribution >= 0.6 is 0 Å². The van der Waals surface area contributed by atoms with Crippen molar-refractivity contribution in [2.45, 2.75) is 43.5 Å². The minimum absolute atomic E-state index is 0.132. The van der Waals surface area contributed by atoms with E-state index in [1.54, 1.807) is 18.3 Å². The molecule has 8 nitrogen and oxygen atoms in total. The molecule has 152 valence electrons. The van der Waals surface area contributed by atoms with Gasteiger partial charge in [0.25, 0.3) is 5.91 Å². The number of fused-ring (bicyclic) bond motifs is 1. The largest absolute Gasteiger partial charge is 0.322 e. The molecule has 1 amide bonds. The Morgan fingerprint density at radius 3 is 2.48 bits per heavy atom. The number of nitrogens with one attached hydrogen (secondary N) is 2. The van der Waals surface area contributed by atoms with Crippen LogP contribution in [-0.2, 0) is 10.0 Å². The molecule has 2 N–H and O–H groups in total. The van der Waals surface area contributed by atoms with Gasteiger partial charge < -0.3 is 5.32 Å². The summed E-state index contributed by atoms with van der Waals surface area (Å²) in [4.78, 5) is 17.9. The van der Waals surface area contributed by atoms with Crippen molar-refractivity contribution in [3.05, 3.63) is 47.8 Å². The van der Waals surface area contributed by atoms with Gasteiger partial charge in [0, 0.05) is 23.3 Å². The predicted octanol–water partition coefficient (Wildman–Crippen LogP) is 3.05. The maximum atomic E-state index is 13.0. The summed E-state index contributed by atoms with van der Waals surface area (Å²) < 4.78 is 27.8. The van der Waals surface area contributed by atoms with Crippen molar-refractivity contribution < 1.29 is 13.2 Å². The van der Waals surface area contributed by atoms with Crippen molar-refractivity contribution in [2.24, 2.45) is 0 Å². The van der Waals surface area contributed by atoms with Crippen molar-refractivity contribution in [3.8, 4) is 0 Å². The highest BCUT2D eigenvalue weighted by atomic mass is 32.2. The van der Waals surface area contributed by atoms with Gasteiger partial charge in [-0.1, -0.05) is 0 Å². The molecular weight excluding hydrogens is 390 g/mol. The molecule has 0 bridgehead atoms. The minimum atomic E-state index is -3.52. The summed E-state index contributed by atoms with van der Waals surface area (Å²) in [5.41, 5.74) is 2.67. The third kappa shape index (κ3) is 3.75. The molecule has 3 aromatic rings. The van der Waals surface area contributed by atoms with Crippen LogP contribution in [0.3, 0.4) is 0 Å². The first kappa shape index (κ1) is 19.5. The fraction of sp³-hybridized carbons (Fsp3) is 0.350. The van der Waals surface area contributed by atoms with Gasteiger partial charge in [-0.25, -0.2) is 22.8 Å². The Hall–Kier alpha value is -2.78. The maximum Gasteiger partial charge on any atom is 0.256 e. The smallest absolute Gasteiger partial charge is 0.256 e. The van der Waals surface area contributed by atoms with E-state index >= 15 is 0 Å². The van der Waals surface area contributed by atoms with E-state index in [1.807, 2.05) is 24.6 Å². The number of hydrogen-bond donors (Lipinski definition) is 2. The Bertz CT molecular complexity index is 1180. The van der Waals surface area contributed by atoms with Crippen LogP contribution in [0, 0.1) is 0 Å². The Labute approximate surface area is 169 Å². The number of pyridine rings is 1. The van der Waals surface area contributed by atoms with Crippen molar-refractivity contribution in [1.82, 2.24) is 19.5 Å². The lowest BCUT2D eigenvalue weighted by atomic mass is 10.1. The zero-order valence-electron chi connectivity index (χ0n) is 16.5. The number of benzene rings is 1. The summed E-state index contributed by atoms with van der Waals surface area (Å²) in [5, 5.41) is 7.97. The number of anilines is 1. The second-order valence-electron chi connectivity index (χ2n) is 7.48. The van der Waals surface area contributed by atoms with Crippen LogP contribution in [0.15, 0.2) is 41.4 Å². The monoisotopic (exact) mass is 413 g/mol. The van der Waals surface area contributed by atoms with Crippen molar-refractivity contribution in [3.63, 3.8) is 0 Å². The van der Waals surface area contributed by atoms with Gasteiger partial charge >= 0.3 is 0 Å². The topological polar surface area (TPSA) is 106 Å². The molecule has 2 heterocycles. The van der Waals surface area contributed by atoms with Crippen molar-refractivity contribution >= 4 is 32.7 Å². The molecule has 0 saturated heterocycles. The summed E-state index contributed by atoms with van der Waals surface area (Å²) in [6.07, 6.45) is 3.84. The molecule has 9 heteroatoms. The average Bonchev–Trinajstić information content (AvgIpc) is 3.46. The maximum absolute atomic E-state index is 13.0. The number of rotatable bonds is 6. The van der Waals surface area contributed by atoms with E-state index in [0.29, 0.717) is 28.2 Å². The van der Waals surface area contributed by atoms with Crippen LogP contribution in [-0.4, -0.2) is 36.1 Å². The normalized spacial score (nSPS) is 14.5. The number of sulfonamides is 1. The number of nitrogens with zero attached hydrogens (tertiary/aromatic N) is 3. The van der Waals surface area contributed by atoms with Gasteiger partial charge in [-0.2, -0.15) is 5.10 Å². The van der Waals surface area contributed by atoms with Gasteiger partial charge in [-0.3, -0.25) is 4.79 Å². The first-order chi connectivity index (χ1) is 13.8. The molecule has 1 saturated carbocycles. The molecule has 0 spiro atoms. The summed E-state index contributed by atoms with van der Waals surface area (Å²) in [6.45, 7) is 4.05. The third-order valence-electron chi connectivity index (χ3n) is 5.01. The molecule has 1 aliphatic rings. The van der Waals surface area contributed by atoms with Crippen LogP contribution in [0.1, 0.15) is 54.7 Å². The highest BCUT2D eigenvalue weighted by Crippen LogP contribution is 2.40. The van der Waals surface area contributed by atoms with Gasteiger partial charge in [0.2, 0.25) is 10.0 Å².